The fraction of sp³-hybridized carbons (Fsp3) is 0.600. The van der Waals surface area contributed by atoms with Crippen molar-refractivity contribution in [1.82, 2.24) is 24.5 Å². The quantitative estimate of drug-likeness (QED) is 0.750. The van der Waals surface area contributed by atoms with Crippen molar-refractivity contribution in [2.24, 2.45) is 7.05 Å². The lowest BCUT2D eigenvalue weighted by Gasteiger charge is -1.92. The maximum absolute atomic E-state index is 11.5. The lowest BCUT2D eigenvalue weighted by atomic mass is 10.2. The second-order valence-electron chi connectivity index (χ2n) is 3.89. The van der Waals surface area contributed by atoms with E-state index in [0.29, 0.717) is 11.7 Å². The van der Waals surface area contributed by atoms with Crippen LogP contribution in [0.4, 0.5) is 0 Å². The predicted molar refractivity (Wildman–Crippen MR) is 59.5 cm³/mol. The van der Waals surface area contributed by atoms with Gasteiger partial charge in [-0.05, 0) is 6.42 Å². The van der Waals surface area contributed by atoms with Crippen LogP contribution < -0.4 is 5.69 Å². The van der Waals surface area contributed by atoms with Crippen LogP contribution in [-0.4, -0.2) is 24.5 Å². The number of aryl methyl sites for hydroxylation is 2. The number of unbranched alkanes of at least 4 members (excludes halogenated alkanes) is 1. The van der Waals surface area contributed by atoms with Crippen LogP contribution in [0.25, 0.3) is 0 Å². The van der Waals surface area contributed by atoms with Gasteiger partial charge < -0.3 is 4.52 Å². The summed E-state index contributed by atoms with van der Waals surface area (Å²) in [5.74, 6) is 1.10. The molecule has 0 fully saturated rings. The van der Waals surface area contributed by atoms with E-state index >= 15 is 0 Å². The fourth-order valence-corrected chi connectivity index (χ4v) is 1.45. The Balaban J connectivity index is 2.06. The van der Waals surface area contributed by atoms with E-state index in [9.17, 15) is 4.79 Å². The van der Waals surface area contributed by atoms with Crippen LogP contribution in [0.3, 0.4) is 0 Å². The molecule has 0 aliphatic heterocycles. The summed E-state index contributed by atoms with van der Waals surface area (Å²) < 4.78 is 7.75. The average Bonchev–Trinajstić information content (AvgIpc) is 2.89. The number of aromatic nitrogens is 5. The van der Waals surface area contributed by atoms with E-state index in [1.165, 1.54) is 15.6 Å². The molecular weight excluding hydrogens is 222 g/mol. The van der Waals surface area contributed by atoms with Crippen molar-refractivity contribution in [1.29, 1.82) is 0 Å². The van der Waals surface area contributed by atoms with Crippen LogP contribution >= 0.6 is 0 Å². The van der Waals surface area contributed by atoms with Gasteiger partial charge in [-0.1, -0.05) is 18.5 Å². The van der Waals surface area contributed by atoms with Gasteiger partial charge in [-0.3, -0.25) is 4.57 Å². The zero-order valence-electron chi connectivity index (χ0n) is 9.96. The molecule has 2 aromatic rings. The maximum Gasteiger partial charge on any atom is 0.345 e. The number of hydrogen-bond donors (Lipinski definition) is 0. The third-order valence-electron chi connectivity index (χ3n) is 2.44. The highest BCUT2D eigenvalue weighted by Crippen LogP contribution is 2.02. The molecule has 0 aliphatic carbocycles. The second kappa shape index (κ2) is 4.94. The number of rotatable bonds is 5. The van der Waals surface area contributed by atoms with Crippen molar-refractivity contribution in [3.8, 4) is 0 Å². The van der Waals surface area contributed by atoms with Crippen molar-refractivity contribution in [3.63, 3.8) is 0 Å². The third kappa shape index (κ3) is 2.61. The van der Waals surface area contributed by atoms with Crippen molar-refractivity contribution in [2.75, 3.05) is 0 Å². The van der Waals surface area contributed by atoms with Crippen LogP contribution in [0.15, 0.2) is 15.6 Å². The van der Waals surface area contributed by atoms with E-state index < -0.39 is 0 Å². The summed E-state index contributed by atoms with van der Waals surface area (Å²) in [5, 5.41) is 7.77. The molecule has 0 unspecified atom stereocenters. The number of nitrogens with zero attached hydrogens (tertiary/aromatic N) is 5. The normalized spacial score (nSPS) is 10.9. The minimum Gasteiger partial charge on any atom is -0.337 e. The molecule has 0 N–H and O–H groups in total. The van der Waals surface area contributed by atoms with Gasteiger partial charge in [0.15, 0.2) is 5.82 Å². The molecule has 0 spiro atoms. The Bertz CT molecular complexity index is 539. The molecule has 2 heterocycles. The largest absolute Gasteiger partial charge is 0.345 e. The highest BCUT2D eigenvalue weighted by Gasteiger charge is 2.09. The zero-order chi connectivity index (χ0) is 12.3. The monoisotopic (exact) mass is 237 g/mol. The Hall–Kier alpha value is -1.92. The second-order valence-corrected chi connectivity index (χ2v) is 3.89. The fourth-order valence-electron chi connectivity index (χ4n) is 1.45. The van der Waals surface area contributed by atoms with E-state index in [1.807, 2.05) is 0 Å². The van der Waals surface area contributed by atoms with Gasteiger partial charge in [0.2, 0.25) is 5.89 Å². The van der Waals surface area contributed by atoms with Crippen molar-refractivity contribution in [3.05, 3.63) is 28.5 Å². The van der Waals surface area contributed by atoms with Crippen molar-refractivity contribution >= 4 is 0 Å². The molecule has 2 aromatic heterocycles. The molecule has 0 saturated heterocycles. The van der Waals surface area contributed by atoms with Gasteiger partial charge in [0.05, 0.1) is 0 Å². The molecule has 0 saturated carbocycles. The van der Waals surface area contributed by atoms with Gasteiger partial charge >= 0.3 is 5.69 Å². The standard InChI is InChI=1S/C10H15N5O2/c1-3-4-5-8-12-9(17-13-8)6-15-10(16)14(2)7-11-15/h7H,3-6H2,1-2H3. The van der Waals surface area contributed by atoms with E-state index in [0.717, 1.165) is 19.3 Å². The summed E-state index contributed by atoms with van der Waals surface area (Å²) in [5.41, 5.74) is -0.196. The molecule has 0 amide bonds. The minimum atomic E-state index is -0.196. The van der Waals surface area contributed by atoms with Gasteiger partial charge in [-0.25, -0.2) is 9.48 Å². The maximum atomic E-state index is 11.5. The number of hydrogen-bond acceptors (Lipinski definition) is 5. The summed E-state index contributed by atoms with van der Waals surface area (Å²) in [6.07, 6.45) is 4.37. The zero-order valence-corrected chi connectivity index (χ0v) is 9.96. The first-order valence-electron chi connectivity index (χ1n) is 5.60. The Morgan fingerprint density at radius 3 is 2.94 bits per heavy atom. The molecule has 0 aromatic carbocycles. The first kappa shape index (κ1) is 11.6. The Labute approximate surface area is 98.1 Å². The van der Waals surface area contributed by atoms with Gasteiger partial charge in [-0.15, -0.1) is 0 Å². The SMILES string of the molecule is CCCCc1noc(Cn2ncn(C)c2=O)n1. The topological polar surface area (TPSA) is 78.7 Å². The van der Waals surface area contributed by atoms with E-state index in [-0.39, 0.29) is 12.2 Å². The predicted octanol–water partition coefficient (Wildman–Crippen LogP) is 0.356. The first-order valence-corrected chi connectivity index (χ1v) is 5.60. The molecule has 92 valence electrons. The van der Waals surface area contributed by atoms with Gasteiger partial charge in [-0.2, -0.15) is 10.1 Å². The molecule has 0 atom stereocenters. The molecule has 7 nitrogen and oxygen atoms in total. The highest BCUT2D eigenvalue weighted by atomic mass is 16.5. The average molecular weight is 237 g/mol. The van der Waals surface area contributed by atoms with E-state index in [1.54, 1.807) is 7.05 Å². The van der Waals surface area contributed by atoms with E-state index in [4.69, 9.17) is 4.52 Å². The summed E-state index contributed by atoms with van der Waals surface area (Å²) in [6.45, 7) is 2.33. The smallest absolute Gasteiger partial charge is 0.337 e. The van der Waals surface area contributed by atoms with Crippen LogP contribution in [0, 0.1) is 0 Å². The Morgan fingerprint density at radius 1 is 1.47 bits per heavy atom. The van der Waals surface area contributed by atoms with Crippen LogP contribution in [0.5, 0.6) is 0 Å². The Kier molecular flexibility index (Phi) is 3.36. The van der Waals surface area contributed by atoms with Crippen LogP contribution in [-0.2, 0) is 20.0 Å². The summed E-state index contributed by atoms with van der Waals surface area (Å²) in [7, 11) is 1.65. The molecular formula is C10H15N5O2. The Morgan fingerprint density at radius 2 is 2.29 bits per heavy atom. The van der Waals surface area contributed by atoms with Gasteiger partial charge in [0, 0.05) is 13.5 Å². The van der Waals surface area contributed by atoms with Gasteiger partial charge in [0.25, 0.3) is 0 Å². The third-order valence-corrected chi connectivity index (χ3v) is 2.44. The first-order chi connectivity index (χ1) is 8.20. The van der Waals surface area contributed by atoms with Gasteiger partial charge in [0.1, 0.15) is 12.9 Å². The van der Waals surface area contributed by atoms with E-state index in [2.05, 4.69) is 22.2 Å². The summed E-state index contributed by atoms with van der Waals surface area (Å²) in [4.78, 5) is 15.7. The molecule has 7 heteroatoms. The molecule has 0 aliphatic rings. The van der Waals surface area contributed by atoms with Crippen molar-refractivity contribution in [2.45, 2.75) is 32.7 Å². The summed E-state index contributed by atoms with van der Waals surface area (Å²) in [6, 6.07) is 0. The van der Waals surface area contributed by atoms with Crippen LogP contribution in [0.2, 0.25) is 0 Å². The summed E-state index contributed by atoms with van der Waals surface area (Å²) >= 11 is 0. The van der Waals surface area contributed by atoms with Crippen molar-refractivity contribution < 1.29 is 4.52 Å². The lowest BCUT2D eigenvalue weighted by molar-refractivity contribution is 0.358. The minimum absolute atomic E-state index is 0.196. The highest BCUT2D eigenvalue weighted by molar-refractivity contribution is 4.87. The molecule has 2 rings (SSSR count). The lowest BCUT2D eigenvalue weighted by Crippen LogP contribution is -2.23. The molecule has 17 heavy (non-hydrogen) atoms. The molecule has 0 bridgehead atoms. The molecule has 0 radical (unpaired) electrons. The van der Waals surface area contributed by atoms with Crippen LogP contribution in [0.1, 0.15) is 31.5 Å².